The van der Waals surface area contributed by atoms with Crippen molar-refractivity contribution in [3.8, 4) is 5.75 Å². The molecule has 2 heterocycles. The minimum atomic E-state index is -0.133. The van der Waals surface area contributed by atoms with Gasteiger partial charge in [-0.15, -0.1) is 0 Å². The van der Waals surface area contributed by atoms with Gasteiger partial charge in [-0.3, -0.25) is 9.78 Å². The minimum absolute atomic E-state index is 0.133. The van der Waals surface area contributed by atoms with E-state index < -0.39 is 0 Å². The fraction of sp³-hybridized carbons (Fsp3) is 0.176. The number of fused-ring (bicyclic) bond motifs is 1. The number of aromatic nitrogens is 2. The Bertz CT molecular complexity index is 809. The van der Waals surface area contributed by atoms with Crippen molar-refractivity contribution in [2.75, 3.05) is 7.11 Å². The van der Waals surface area contributed by atoms with Gasteiger partial charge in [-0.2, -0.15) is 0 Å². The third kappa shape index (κ3) is 2.53. The molecule has 3 rings (SSSR count). The number of pyridine rings is 1. The van der Waals surface area contributed by atoms with Gasteiger partial charge < -0.3 is 14.6 Å². The molecule has 0 radical (unpaired) electrons. The number of nitrogens with zero attached hydrogens (tertiary/aromatic N) is 2. The van der Waals surface area contributed by atoms with Crippen LogP contribution in [0.4, 0.5) is 0 Å². The predicted octanol–water partition coefficient (Wildman–Crippen LogP) is 2.51. The van der Waals surface area contributed by atoms with Crippen LogP contribution in [-0.2, 0) is 13.6 Å². The Kier molecular flexibility index (Phi) is 3.78. The second-order valence-corrected chi connectivity index (χ2v) is 4.99. The molecule has 0 spiro atoms. The van der Waals surface area contributed by atoms with Crippen LogP contribution in [0.3, 0.4) is 0 Å². The zero-order valence-corrected chi connectivity index (χ0v) is 12.5. The quantitative estimate of drug-likeness (QED) is 0.804. The molecule has 0 fully saturated rings. The molecule has 0 bridgehead atoms. The molecule has 112 valence electrons. The van der Waals surface area contributed by atoms with Gasteiger partial charge >= 0.3 is 0 Å². The second-order valence-electron chi connectivity index (χ2n) is 4.99. The molecule has 0 atom stereocenters. The standard InChI is InChI=1S/C17H17N3O2/c1-20-14-7-5-8-16(22-2)13(14)10-15(20)17(21)19-11-12-6-3-4-9-18-12/h3-10H,11H2,1-2H3,(H,19,21). The second kappa shape index (κ2) is 5.89. The molecule has 0 aliphatic carbocycles. The van der Waals surface area contributed by atoms with Gasteiger partial charge in [-0.25, -0.2) is 0 Å². The molecule has 0 aliphatic heterocycles. The highest BCUT2D eigenvalue weighted by molar-refractivity contribution is 6.00. The summed E-state index contributed by atoms with van der Waals surface area (Å²) in [5.41, 5.74) is 2.38. The average molecular weight is 295 g/mol. The van der Waals surface area contributed by atoms with Crippen LogP contribution in [0, 0.1) is 0 Å². The molecule has 5 nitrogen and oxygen atoms in total. The highest BCUT2D eigenvalue weighted by atomic mass is 16.5. The molecule has 3 aromatic rings. The van der Waals surface area contributed by atoms with Gasteiger partial charge in [0.05, 0.1) is 24.9 Å². The number of carbonyl (C=O) groups excluding carboxylic acids is 1. The van der Waals surface area contributed by atoms with E-state index >= 15 is 0 Å². The zero-order valence-electron chi connectivity index (χ0n) is 12.5. The van der Waals surface area contributed by atoms with Crippen molar-refractivity contribution in [1.29, 1.82) is 0 Å². The molecule has 1 N–H and O–H groups in total. The van der Waals surface area contributed by atoms with Crippen LogP contribution in [0.1, 0.15) is 16.2 Å². The minimum Gasteiger partial charge on any atom is -0.496 e. The van der Waals surface area contributed by atoms with Gasteiger partial charge in [0, 0.05) is 18.6 Å². The monoisotopic (exact) mass is 295 g/mol. The van der Waals surface area contributed by atoms with Gasteiger partial charge in [-0.05, 0) is 30.3 Å². The zero-order chi connectivity index (χ0) is 15.5. The third-order valence-electron chi connectivity index (χ3n) is 3.66. The van der Waals surface area contributed by atoms with Crippen LogP contribution in [0.2, 0.25) is 0 Å². The van der Waals surface area contributed by atoms with Gasteiger partial charge in [0.1, 0.15) is 11.4 Å². The Morgan fingerprint density at radius 2 is 2.14 bits per heavy atom. The van der Waals surface area contributed by atoms with Crippen molar-refractivity contribution < 1.29 is 9.53 Å². The number of amides is 1. The lowest BCUT2D eigenvalue weighted by Crippen LogP contribution is -2.25. The summed E-state index contributed by atoms with van der Waals surface area (Å²) < 4.78 is 7.22. The third-order valence-corrected chi connectivity index (χ3v) is 3.66. The van der Waals surface area contributed by atoms with Crippen LogP contribution in [0.15, 0.2) is 48.7 Å². The maximum Gasteiger partial charge on any atom is 0.268 e. The molecule has 0 saturated carbocycles. The highest BCUT2D eigenvalue weighted by Crippen LogP contribution is 2.27. The molecular formula is C17H17N3O2. The van der Waals surface area contributed by atoms with Crippen LogP contribution in [-0.4, -0.2) is 22.6 Å². The Morgan fingerprint density at radius 1 is 1.27 bits per heavy atom. The number of carbonyl (C=O) groups is 1. The van der Waals surface area contributed by atoms with Crippen molar-refractivity contribution in [3.05, 3.63) is 60.0 Å². The van der Waals surface area contributed by atoms with Crippen molar-refractivity contribution in [1.82, 2.24) is 14.9 Å². The average Bonchev–Trinajstić information content (AvgIpc) is 2.91. The summed E-state index contributed by atoms with van der Waals surface area (Å²) in [5.74, 6) is 0.628. The topological polar surface area (TPSA) is 56.1 Å². The van der Waals surface area contributed by atoms with Crippen LogP contribution in [0.5, 0.6) is 5.75 Å². The van der Waals surface area contributed by atoms with E-state index in [-0.39, 0.29) is 5.91 Å². The number of ether oxygens (including phenoxy) is 1. The Morgan fingerprint density at radius 3 is 2.86 bits per heavy atom. The van der Waals surface area contributed by atoms with Gasteiger partial charge in [-0.1, -0.05) is 12.1 Å². The van der Waals surface area contributed by atoms with Crippen molar-refractivity contribution in [2.45, 2.75) is 6.54 Å². The molecule has 0 saturated heterocycles. The van der Waals surface area contributed by atoms with Gasteiger partial charge in [0.25, 0.3) is 5.91 Å². The number of hydrogen-bond donors (Lipinski definition) is 1. The number of nitrogens with one attached hydrogen (secondary N) is 1. The summed E-state index contributed by atoms with van der Waals surface area (Å²) in [4.78, 5) is 16.6. The Balaban J connectivity index is 1.86. The van der Waals surface area contributed by atoms with Crippen molar-refractivity contribution in [2.24, 2.45) is 7.05 Å². The number of hydrogen-bond acceptors (Lipinski definition) is 3. The first-order valence-corrected chi connectivity index (χ1v) is 7.01. The van der Waals surface area contributed by atoms with Crippen LogP contribution < -0.4 is 10.1 Å². The summed E-state index contributed by atoms with van der Waals surface area (Å²) >= 11 is 0. The van der Waals surface area contributed by atoms with E-state index in [2.05, 4.69) is 10.3 Å². The Labute approximate surface area is 128 Å². The molecule has 0 aliphatic rings. The fourth-order valence-electron chi connectivity index (χ4n) is 2.49. The highest BCUT2D eigenvalue weighted by Gasteiger charge is 2.15. The van der Waals surface area contributed by atoms with Gasteiger partial charge in [0.15, 0.2) is 0 Å². The maximum absolute atomic E-state index is 12.4. The lowest BCUT2D eigenvalue weighted by atomic mass is 10.2. The Hall–Kier alpha value is -2.82. The molecule has 1 aromatic carbocycles. The first-order chi connectivity index (χ1) is 10.7. The van der Waals surface area contributed by atoms with E-state index in [0.29, 0.717) is 12.2 Å². The molecular weight excluding hydrogens is 278 g/mol. The SMILES string of the molecule is COc1cccc2c1cc(C(=O)NCc1ccccn1)n2C. The molecule has 5 heteroatoms. The molecule has 2 aromatic heterocycles. The maximum atomic E-state index is 12.4. The van der Waals surface area contributed by atoms with E-state index in [9.17, 15) is 4.79 Å². The fourth-order valence-corrected chi connectivity index (χ4v) is 2.49. The van der Waals surface area contributed by atoms with E-state index in [1.165, 1.54) is 0 Å². The molecule has 0 unspecified atom stereocenters. The first-order valence-electron chi connectivity index (χ1n) is 7.01. The summed E-state index contributed by atoms with van der Waals surface area (Å²) in [5, 5.41) is 3.82. The van der Waals surface area contributed by atoms with E-state index in [1.54, 1.807) is 13.3 Å². The van der Waals surface area contributed by atoms with Crippen molar-refractivity contribution in [3.63, 3.8) is 0 Å². The summed E-state index contributed by atoms with van der Waals surface area (Å²) in [6.45, 7) is 0.401. The molecule has 22 heavy (non-hydrogen) atoms. The number of aryl methyl sites for hydroxylation is 1. The summed E-state index contributed by atoms with van der Waals surface area (Å²) in [6.07, 6.45) is 1.71. The van der Waals surface area contributed by atoms with E-state index in [0.717, 1.165) is 22.3 Å². The predicted molar refractivity (Wildman–Crippen MR) is 84.9 cm³/mol. The van der Waals surface area contributed by atoms with Crippen molar-refractivity contribution >= 4 is 16.8 Å². The first kappa shape index (κ1) is 14.1. The smallest absolute Gasteiger partial charge is 0.268 e. The normalized spacial score (nSPS) is 10.6. The summed E-state index contributed by atoms with van der Waals surface area (Å²) in [6, 6.07) is 13.2. The summed E-state index contributed by atoms with van der Waals surface area (Å²) in [7, 11) is 3.50. The largest absolute Gasteiger partial charge is 0.496 e. The number of rotatable bonds is 4. The van der Waals surface area contributed by atoms with E-state index in [4.69, 9.17) is 4.74 Å². The van der Waals surface area contributed by atoms with E-state index in [1.807, 2.05) is 54.1 Å². The van der Waals surface area contributed by atoms with Gasteiger partial charge in [0.2, 0.25) is 0 Å². The number of methoxy groups -OCH3 is 1. The lowest BCUT2D eigenvalue weighted by Gasteiger charge is -2.06. The van der Waals surface area contributed by atoms with Crippen LogP contribution in [0.25, 0.3) is 10.9 Å². The van der Waals surface area contributed by atoms with Crippen LogP contribution >= 0.6 is 0 Å². The lowest BCUT2D eigenvalue weighted by molar-refractivity contribution is 0.0942. The molecule has 1 amide bonds. The number of benzene rings is 1.